The number of halogens is 2. The first-order valence-electron chi connectivity index (χ1n) is 3.72. The highest BCUT2D eigenvalue weighted by Crippen LogP contribution is 2.28. The van der Waals surface area contributed by atoms with Gasteiger partial charge in [-0.25, -0.2) is 8.78 Å². The molecule has 3 heteroatoms. The first kappa shape index (κ1) is 7.92. The van der Waals surface area contributed by atoms with Crippen molar-refractivity contribution in [3.05, 3.63) is 0 Å². The van der Waals surface area contributed by atoms with Gasteiger partial charge in [0.2, 0.25) is 0 Å². The third-order valence-corrected chi connectivity index (χ3v) is 2.13. The monoisotopic (exact) mass is 149 g/mol. The van der Waals surface area contributed by atoms with Gasteiger partial charge in [-0.1, -0.05) is 0 Å². The molecule has 0 bridgehead atoms. The zero-order valence-corrected chi connectivity index (χ0v) is 5.89. The maximum atomic E-state index is 12.8. The van der Waals surface area contributed by atoms with Crippen molar-refractivity contribution in [1.29, 1.82) is 0 Å². The van der Waals surface area contributed by atoms with Crippen LogP contribution >= 0.6 is 0 Å². The van der Waals surface area contributed by atoms with Crippen LogP contribution in [-0.4, -0.2) is 18.9 Å². The molecule has 0 spiro atoms. The van der Waals surface area contributed by atoms with Crippen LogP contribution in [0.3, 0.4) is 0 Å². The lowest BCUT2D eigenvalue weighted by Gasteiger charge is -2.26. The second-order valence-electron chi connectivity index (χ2n) is 2.92. The summed E-state index contributed by atoms with van der Waals surface area (Å²) in [6.45, 7) is 0.279. The summed E-state index contributed by atoms with van der Waals surface area (Å²) >= 11 is 0. The van der Waals surface area contributed by atoms with Gasteiger partial charge < -0.3 is 5.73 Å². The minimum atomic E-state index is -0.864. The SMILES string of the molecule is NCC1CC(F)CCC1F. The minimum absolute atomic E-state index is 0.233. The fourth-order valence-corrected chi connectivity index (χ4v) is 1.41. The molecular formula is C7H13F2N. The van der Waals surface area contributed by atoms with Crippen LogP contribution in [0.5, 0.6) is 0 Å². The molecule has 3 atom stereocenters. The molecule has 3 unspecified atom stereocenters. The Balaban J connectivity index is 2.38. The lowest BCUT2D eigenvalue weighted by molar-refractivity contribution is 0.109. The summed E-state index contributed by atoms with van der Waals surface area (Å²) in [5.74, 6) is -0.233. The largest absolute Gasteiger partial charge is 0.330 e. The van der Waals surface area contributed by atoms with Crippen molar-refractivity contribution in [3.8, 4) is 0 Å². The van der Waals surface area contributed by atoms with Crippen LogP contribution in [0.15, 0.2) is 0 Å². The van der Waals surface area contributed by atoms with Gasteiger partial charge >= 0.3 is 0 Å². The molecule has 1 aliphatic rings. The van der Waals surface area contributed by atoms with Crippen LogP contribution < -0.4 is 5.73 Å². The minimum Gasteiger partial charge on any atom is -0.330 e. The average Bonchev–Trinajstić information content (AvgIpc) is 1.94. The molecule has 0 amide bonds. The van der Waals surface area contributed by atoms with E-state index in [1.165, 1.54) is 0 Å². The molecule has 60 valence electrons. The van der Waals surface area contributed by atoms with E-state index in [1.54, 1.807) is 0 Å². The highest BCUT2D eigenvalue weighted by molar-refractivity contribution is 4.80. The smallest absolute Gasteiger partial charge is 0.104 e. The van der Waals surface area contributed by atoms with Gasteiger partial charge in [-0.2, -0.15) is 0 Å². The topological polar surface area (TPSA) is 26.0 Å². The molecule has 0 radical (unpaired) electrons. The zero-order chi connectivity index (χ0) is 7.56. The van der Waals surface area contributed by atoms with E-state index in [0.29, 0.717) is 19.3 Å². The van der Waals surface area contributed by atoms with Crippen LogP contribution in [0, 0.1) is 5.92 Å². The lowest BCUT2D eigenvalue weighted by atomic mass is 9.86. The van der Waals surface area contributed by atoms with Crippen LogP contribution in [0.1, 0.15) is 19.3 Å². The molecule has 0 aromatic carbocycles. The number of alkyl halides is 2. The molecule has 1 aliphatic carbocycles. The molecule has 0 aromatic heterocycles. The van der Waals surface area contributed by atoms with Crippen molar-refractivity contribution in [3.63, 3.8) is 0 Å². The van der Waals surface area contributed by atoms with Gasteiger partial charge in [0.1, 0.15) is 12.3 Å². The summed E-state index contributed by atoms with van der Waals surface area (Å²) in [5.41, 5.74) is 5.25. The fourth-order valence-electron chi connectivity index (χ4n) is 1.41. The normalized spacial score (nSPS) is 41.7. The Bertz CT molecular complexity index is 108. The molecule has 0 aromatic rings. The molecule has 0 heterocycles. The van der Waals surface area contributed by atoms with E-state index in [1.807, 2.05) is 0 Å². The summed E-state index contributed by atoms with van der Waals surface area (Å²) in [4.78, 5) is 0. The first-order chi connectivity index (χ1) is 4.74. The van der Waals surface area contributed by atoms with Gasteiger partial charge in [-0.05, 0) is 25.8 Å². The van der Waals surface area contributed by atoms with Crippen LogP contribution in [0.4, 0.5) is 8.78 Å². The van der Waals surface area contributed by atoms with Crippen molar-refractivity contribution in [2.45, 2.75) is 31.6 Å². The van der Waals surface area contributed by atoms with Crippen LogP contribution in [0.25, 0.3) is 0 Å². The predicted molar refractivity (Wildman–Crippen MR) is 36.2 cm³/mol. The van der Waals surface area contributed by atoms with Gasteiger partial charge in [0.05, 0.1) is 0 Å². The molecule has 0 saturated heterocycles. The van der Waals surface area contributed by atoms with E-state index >= 15 is 0 Å². The molecule has 1 fully saturated rings. The van der Waals surface area contributed by atoms with Gasteiger partial charge in [-0.15, -0.1) is 0 Å². The Morgan fingerprint density at radius 1 is 1.30 bits per heavy atom. The zero-order valence-electron chi connectivity index (χ0n) is 5.89. The lowest BCUT2D eigenvalue weighted by Crippen LogP contribution is -2.32. The quantitative estimate of drug-likeness (QED) is 0.599. The van der Waals surface area contributed by atoms with Gasteiger partial charge in [0, 0.05) is 5.92 Å². The Hall–Kier alpha value is -0.180. The third kappa shape index (κ3) is 1.66. The Kier molecular flexibility index (Phi) is 2.60. The summed E-state index contributed by atoms with van der Waals surface area (Å²) < 4.78 is 25.3. The number of hydrogen-bond donors (Lipinski definition) is 1. The van der Waals surface area contributed by atoms with Crippen molar-refractivity contribution in [2.75, 3.05) is 6.54 Å². The van der Waals surface area contributed by atoms with E-state index in [-0.39, 0.29) is 12.5 Å². The standard InChI is InChI=1S/C7H13F2N/c8-6-1-2-7(9)5(3-6)4-10/h5-7H,1-4,10H2. The van der Waals surface area contributed by atoms with E-state index in [2.05, 4.69) is 0 Å². The van der Waals surface area contributed by atoms with Crippen molar-refractivity contribution < 1.29 is 8.78 Å². The van der Waals surface area contributed by atoms with Crippen molar-refractivity contribution in [1.82, 2.24) is 0 Å². The Labute approximate surface area is 59.6 Å². The number of nitrogens with two attached hydrogens (primary N) is 1. The maximum absolute atomic E-state index is 12.8. The molecule has 10 heavy (non-hydrogen) atoms. The molecular weight excluding hydrogens is 136 g/mol. The Morgan fingerprint density at radius 2 is 2.00 bits per heavy atom. The average molecular weight is 149 g/mol. The van der Waals surface area contributed by atoms with E-state index < -0.39 is 12.3 Å². The molecule has 0 aliphatic heterocycles. The first-order valence-corrected chi connectivity index (χ1v) is 3.72. The molecule has 2 N–H and O–H groups in total. The van der Waals surface area contributed by atoms with Crippen LogP contribution in [0.2, 0.25) is 0 Å². The molecule has 1 rings (SSSR count). The van der Waals surface area contributed by atoms with Crippen LogP contribution in [-0.2, 0) is 0 Å². The van der Waals surface area contributed by atoms with Crippen molar-refractivity contribution >= 4 is 0 Å². The fraction of sp³-hybridized carbons (Fsp3) is 1.00. The second kappa shape index (κ2) is 3.28. The summed E-state index contributed by atoms with van der Waals surface area (Å²) in [7, 11) is 0. The number of rotatable bonds is 1. The number of hydrogen-bond acceptors (Lipinski definition) is 1. The van der Waals surface area contributed by atoms with E-state index in [9.17, 15) is 8.78 Å². The second-order valence-corrected chi connectivity index (χ2v) is 2.92. The van der Waals surface area contributed by atoms with E-state index in [4.69, 9.17) is 5.73 Å². The van der Waals surface area contributed by atoms with Gasteiger partial charge in [0.25, 0.3) is 0 Å². The van der Waals surface area contributed by atoms with Gasteiger partial charge in [0.15, 0.2) is 0 Å². The van der Waals surface area contributed by atoms with Crippen molar-refractivity contribution in [2.24, 2.45) is 11.7 Å². The molecule has 1 nitrogen and oxygen atoms in total. The highest BCUT2D eigenvalue weighted by Gasteiger charge is 2.28. The van der Waals surface area contributed by atoms with E-state index in [0.717, 1.165) is 0 Å². The molecule has 1 saturated carbocycles. The predicted octanol–water partition coefficient (Wildman–Crippen LogP) is 1.42. The highest BCUT2D eigenvalue weighted by atomic mass is 19.1. The van der Waals surface area contributed by atoms with Gasteiger partial charge in [-0.3, -0.25) is 0 Å². The maximum Gasteiger partial charge on any atom is 0.104 e. The third-order valence-electron chi connectivity index (χ3n) is 2.13. The summed E-state index contributed by atoms with van der Waals surface area (Å²) in [6, 6.07) is 0. The summed E-state index contributed by atoms with van der Waals surface area (Å²) in [5, 5.41) is 0. The summed E-state index contributed by atoms with van der Waals surface area (Å²) in [6.07, 6.45) is -0.643. The Morgan fingerprint density at radius 3 is 2.50 bits per heavy atom.